The molecule has 0 aliphatic carbocycles. The van der Waals surface area contributed by atoms with Gasteiger partial charge in [-0.05, 0) is 25.7 Å². The van der Waals surface area contributed by atoms with Crippen LogP contribution in [0.15, 0.2) is 0 Å². The van der Waals surface area contributed by atoms with Crippen LogP contribution in [0.2, 0.25) is 0 Å². The Balaban J connectivity index is -0.000000648. The molecule has 0 atom stereocenters. The Labute approximate surface area is 286 Å². The van der Waals surface area contributed by atoms with E-state index < -0.39 is 0 Å². The second-order valence-corrected chi connectivity index (χ2v) is 12.5. The highest BCUT2D eigenvalue weighted by molar-refractivity contribution is 4.51. The van der Waals surface area contributed by atoms with Crippen molar-refractivity contribution in [2.75, 3.05) is 13.1 Å². The minimum absolute atomic E-state index is 0. The van der Waals surface area contributed by atoms with Crippen LogP contribution in [-0.4, -0.2) is 13.1 Å². The van der Waals surface area contributed by atoms with E-state index in [-0.39, 0.29) is 49.5 Å². The fraction of sp³-hybridized carbons (Fsp3) is 1.00. The molecule has 0 radical (unpaired) electrons. The second kappa shape index (κ2) is 54.2. The summed E-state index contributed by atoms with van der Waals surface area (Å²) in [6, 6.07) is 0. The molecular weight excluding hydrogens is 581 g/mol. The standard InChI is InChI=1S/C36H75N.3ClH.2H3N/c1-3-5-7-9-11-13-15-17-19-21-23-25-27-29-31-33-35-37-36-34-32-30-28-26-24-22-20-18-16-14-12-10-8-6-4-2;;;;;/h37H,3-36H2,1-2H3;3*1H;2*1H3. The number of halogens is 3. The van der Waals surface area contributed by atoms with E-state index >= 15 is 0 Å². The molecule has 0 spiro atoms. The van der Waals surface area contributed by atoms with Gasteiger partial charge < -0.3 is 54.8 Å². The largest absolute Gasteiger partial charge is 1.00 e. The van der Waals surface area contributed by atoms with Gasteiger partial charge in [0, 0.05) is 0 Å². The van der Waals surface area contributed by atoms with Gasteiger partial charge >= 0.3 is 0 Å². The maximum Gasteiger partial charge on any atom is 0.0755 e. The summed E-state index contributed by atoms with van der Waals surface area (Å²) in [5.41, 5.74) is 0. The smallest absolute Gasteiger partial charge is 0.0755 e. The lowest BCUT2D eigenvalue weighted by molar-refractivity contribution is -0.655. The topological polar surface area (TPSA) is 89.6 Å². The molecule has 0 fully saturated rings. The van der Waals surface area contributed by atoms with Crippen molar-refractivity contribution in [3.8, 4) is 0 Å². The summed E-state index contributed by atoms with van der Waals surface area (Å²) in [5, 5.41) is 2.59. The van der Waals surface area contributed by atoms with Gasteiger partial charge in [-0.3, -0.25) is 0 Å². The van der Waals surface area contributed by atoms with Crippen molar-refractivity contribution in [3.05, 3.63) is 0 Å². The molecule has 0 amide bonds. The first-order valence-electron chi connectivity index (χ1n) is 18.2. The summed E-state index contributed by atoms with van der Waals surface area (Å²) < 4.78 is 0. The zero-order valence-corrected chi connectivity index (χ0v) is 32.0. The molecule has 0 unspecified atom stereocenters. The third-order valence-electron chi connectivity index (χ3n) is 8.52. The van der Waals surface area contributed by atoms with Crippen molar-refractivity contribution in [1.29, 1.82) is 0 Å². The van der Waals surface area contributed by atoms with Crippen LogP contribution < -0.4 is 54.8 Å². The first-order chi connectivity index (χ1) is 18.4. The van der Waals surface area contributed by atoms with E-state index in [2.05, 4.69) is 19.2 Å². The summed E-state index contributed by atoms with van der Waals surface area (Å²) in [7, 11) is 0. The lowest BCUT2D eigenvalue weighted by atomic mass is 10.0. The molecule has 6 heteroatoms. The SMILES string of the molecule is CCCCCCCCCCCCCCCCCC[NH2+]CCCCCCCCCCCCCCCCCC.[Cl-].[Cl-].[Cl-].[NH4+].[NH4+]. The molecule has 0 aromatic rings. The zero-order chi connectivity index (χ0) is 26.7. The van der Waals surface area contributed by atoms with Crippen molar-refractivity contribution in [2.45, 2.75) is 219 Å². The average Bonchev–Trinajstić information content (AvgIpc) is 2.91. The highest BCUT2D eigenvalue weighted by Gasteiger charge is 1.97. The lowest BCUT2D eigenvalue weighted by Gasteiger charge is -2.04. The van der Waals surface area contributed by atoms with E-state index in [1.807, 2.05) is 0 Å². The first kappa shape index (κ1) is 55.2. The molecule has 0 aliphatic heterocycles. The molecule has 0 saturated carbocycles. The molecule has 0 aromatic carbocycles. The predicted octanol–water partition coefficient (Wildman–Crippen LogP) is 3.84. The van der Waals surface area contributed by atoms with Gasteiger partial charge in [0.05, 0.1) is 13.1 Å². The Bertz CT molecular complexity index is 356. The molecule has 42 heavy (non-hydrogen) atoms. The van der Waals surface area contributed by atoms with Crippen LogP contribution in [0.25, 0.3) is 0 Å². The van der Waals surface area contributed by atoms with Crippen molar-refractivity contribution in [1.82, 2.24) is 12.3 Å². The number of hydrogen-bond acceptors (Lipinski definition) is 0. The minimum Gasteiger partial charge on any atom is -1.00 e. The van der Waals surface area contributed by atoms with Gasteiger partial charge in [0.1, 0.15) is 0 Å². The zero-order valence-electron chi connectivity index (χ0n) is 29.8. The summed E-state index contributed by atoms with van der Waals surface area (Å²) in [6.45, 7) is 7.36. The minimum atomic E-state index is 0. The van der Waals surface area contributed by atoms with Crippen LogP contribution in [0.4, 0.5) is 0 Å². The van der Waals surface area contributed by atoms with Crippen LogP contribution in [0.5, 0.6) is 0 Å². The van der Waals surface area contributed by atoms with E-state index in [1.165, 1.54) is 219 Å². The number of hydrogen-bond donors (Lipinski definition) is 3. The molecule has 0 aromatic heterocycles. The summed E-state index contributed by atoms with van der Waals surface area (Å²) >= 11 is 0. The molecule has 0 aliphatic rings. The molecule has 0 rings (SSSR count). The van der Waals surface area contributed by atoms with Gasteiger partial charge in [-0.1, -0.05) is 194 Å². The maximum atomic E-state index is 2.59. The second-order valence-electron chi connectivity index (χ2n) is 12.5. The Morgan fingerprint density at radius 2 is 0.381 bits per heavy atom. The summed E-state index contributed by atoms with van der Waals surface area (Å²) in [6.07, 6.45) is 47.0. The van der Waals surface area contributed by atoms with Gasteiger partial charge in [-0.25, -0.2) is 0 Å². The molecule has 0 bridgehead atoms. The summed E-state index contributed by atoms with van der Waals surface area (Å²) in [5.74, 6) is 0. The highest BCUT2D eigenvalue weighted by Crippen LogP contribution is 2.15. The van der Waals surface area contributed by atoms with Crippen LogP contribution in [0.1, 0.15) is 219 Å². The van der Waals surface area contributed by atoms with Gasteiger partial charge in [0.15, 0.2) is 0 Å². The van der Waals surface area contributed by atoms with E-state index in [0.717, 1.165) is 0 Å². The lowest BCUT2D eigenvalue weighted by Crippen LogP contribution is -3.00. The van der Waals surface area contributed by atoms with Crippen molar-refractivity contribution < 1.29 is 42.5 Å². The Hall–Kier alpha value is 0.750. The van der Waals surface area contributed by atoms with Gasteiger partial charge in [-0.15, -0.1) is 0 Å². The van der Waals surface area contributed by atoms with E-state index in [1.54, 1.807) is 0 Å². The van der Waals surface area contributed by atoms with Crippen molar-refractivity contribution in [3.63, 3.8) is 0 Å². The van der Waals surface area contributed by atoms with E-state index in [4.69, 9.17) is 0 Å². The molecule has 264 valence electrons. The van der Waals surface area contributed by atoms with E-state index in [9.17, 15) is 0 Å². The monoisotopic (exact) mass is 664 g/mol. The molecule has 0 saturated heterocycles. The van der Waals surface area contributed by atoms with Crippen LogP contribution in [-0.2, 0) is 0 Å². The highest BCUT2D eigenvalue weighted by atomic mass is 35.5. The average molecular weight is 665 g/mol. The molecule has 10 N–H and O–H groups in total. The molecular formula is C36H84Cl3N3. The fourth-order valence-electron chi connectivity index (χ4n) is 5.82. The molecule has 0 heterocycles. The predicted molar refractivity (Wildman–Crippen MR) is 183 cm³/mol. The van der Waals surface area contributed by atoms with Crippen LogP contribution in [0, 0.1) is 0 Å². The van der Waals surface area contributed by atoms with Crippen LogP contribution >= 0.6 is 0 Å². The number of nitrogens with two attached hydrogens (primary N) is 1. The number of quaternary nitrogens is 3. The number of unbranched alkanes of at least 4 members (excludes halogenated alkanes) is 30. The fourth-order valence-corrected chi connectivity index (χ4v) is 5.82. The first-order valence-corrected chi connectivity index (χ1v) is 18.2. The Morgan fingerprint density at radius 3 is 0.548 bits per heavy atom. The third kappa shape index (κ3) is 53.3. The van der Waals surface area contributed by atoms with Gasteiger partial charge in [-0.2, -0.15) is 0 Å². The normalized spacial score (nSPS) is 10.1. The van der Waals surface area contributed by atoms with Crippen LogP contribution in [0.3, 0.4) is 0 Å². The number of rotatable bonds is 34. The third-order valence-corrected chi connectivity index (χ3v) is 8.52. The maximum absolute atomic E-state index is 2.59. The summed E-state index contributed by atoms with van der Waals surface area (Å²) in [4.78, 5) is 0. The van der Waals surface area contributed by atoms with Crippen molar-refractivity contribution in [2.24, 2.45) is 0 Å². The van der Waals surface area contributed by atoms with Crippen molar-refractivity contribution >= 4 is 0 Å². The van der Waals surface area contributed by atoms with E-state index in [0.29, 0.717) is 0 Å². The Kier molecular flexibility index (Phi) is 71.3. The van der Waals surface area contributed by atoms with Gasteiger partial charge in [0.2, 0.25) is 0 Å². The Morgan fingerprint density at radius 1 is 0.238 bits per heavy atom. The van der Waals surface area contributed by atoms with Gasteiger partial charge in [0.25, 0.3) is 0 Å². The molecule has 3 nitrogen and oxygen atoms in total. The quantitative estimate of drug-likeness (QED) is 0.0874.